The lowest BCUT2D eigenvalue weighted by Crippen LogP contribution is -2.48. The molecule has 3 nitrogen and oxygen atoms in total. The Morgan fingerprint density at radius 1 is 1.29 bits per heavy atom. The molecule has 0 amide bonds. The Balaban J connectivity index is 2.66. The monoisotopic (exact) mass is 309 g/mol. The first-order valence-electron chi connectivity index (χ1n) is 7.85. The van der Waals surface area contributed by atoms with E-state index in [1.54, 1.807) is 0 Å². The predicted molar refractivity (Wildman–Crippen MR) is 74.6 cm³/mol. The van der Waals surface area contributed by atoms with E-state index in [9.17, 15) is 18.0 Å². The van der Waals surface area contributed by atoms with E-state index in [2.05, 4.69) is 0 Å². The SMILES string of the molecule is CCCCOC(=O)[C@@H](CC1CCCCC1)[C@H](N)C(F)(F)F. The van der Waals surface area contributed by atoms with Gasteiger partial charge in [0.05, 0.1) is 12.5 Å². The number of rotatable bonds is 7. The second kappa shape index (κ2) is 8.61. The van der Waals surface area contributed by atoms with Gasteiger partial charge in [0.25, 0.3) is 0 Å². The molecule has 0 unspecified atom stereocenters. The predicted octanol–water partition coefficient (Wildman–Crippen LogP) is 3.81. The minimum Gasteiger partial charge on any atom is -0.465 e. The average Bonchev–Trinajstić information content (AvgIpc) is 2.44. The van der Waals surface area contributed by atoms with Crippen LogP contribution in [-0.2, 0) is 9.53 Å². The first-order chi connectivity index (χ1) is 9.86. The smallest absolute Gasteiger partial charge is 0.404 e. The first-order valence-corrected chi connectivity index (χ1v) is 7.85. The van der Waals surface area contributed by atoms with Gasteiger partial charge < -0.3 is 10.5 Å². The van der Waals surface area contributed by atoms with E-state index in [0.29, 0.717) is 6.42 Å². The van der Waals surface area contributed by atoms with Crippen molar-refractivity contribution in [3.05, 3.63) is 0 Å². The Bertz CT molecular complexity index is 315. The fourth-order valence-electron chi connectivity index (χ4n) is 2.82. The molecule has 1 aliphatic rings. The number of hydrogen-bond acceptors (Lipinski definition) is 3. The van der Waals surface area contributed by atoms with Gasteiger partial charge in [0, 0.05) is 0 Å². The molecule has 0 aromatic rings. The van der Waals surface area contributed by atoms with Crippen LogP contribution in [0, 0.1) is 11.8 Å². The van der Waals surface area contributed by atoms with Crippen LogP contribution in [0.15, 0.2) is 0 Å². The normalized spacial score (nSPS) is 20.0. The van der Waals surface area contributed by atoms with Gasteiger partial charge >= 0.3 is 12.1 Å². The number of alkyl halides is 3. The summed E-state index contributed by atoms with van der Waals surface area (Å²) in [5.41, 5.74) is 5.29. The van der Waals surface area contributed by atoms with Crippen molar-refractivity contribution >= 4 is 5.97 Å². The molecular formula is C15H26F3NO2. The van der Waals surface area contributed by atoms with Gasteiger partial charge in [-0.05, 0) is 18.8 Å². The molecule has 2 atom stereocenters. The molecule has 124 valence electrons. The zero-order chi connectivity index (χ0) is 15.9. The molecule has 1 aliphatic carbocycles. The minimum absolute atomic E-state index is 0.149. The summed E-state index contributed by atoms with van der Waals surface area (Å²) in [7, 11) is 0. The van der Waals surface area contributed by atoms with Crippen molar-refractivity contribution in [1.82, 2.24) is 0 Å². The topological polar surface area (TPSA) is 52.3 Å². The van der Waals surface area contributed by atoms with E-state index < -0.39 is 24.1 Å². The molecular weight excluding hydrogens is 283 g/mol. The van der Waals surface area contributed by atoms with Gasteiger partial charge in [-0.3, -0.25) is 4.79 Å². The Kier molecular flexibility index (Phi) is 7.49. The molecule has 0 aromatic heterocycles. The van der Waals surface area contributed by atoms with Crippen LogP contribution in [0.3, 0.4) is 0 Å². The fourth-order valence-corrected chi connectivity index (χ4v) is 2.82. The molecule has 1 rings (SSSR count). The van der Waals surface area contributed by atoms with E-state index in [-0.39, 0.29) is 18.9 Å². The minimum atomic E-state index is -4.57. The lowest BCUT2D eigenvalue weighted by Gasteiger charge is -2.29. The first kappa shape index (κ1) is 18.3. The van der Waals surface area contributed by atoms with Crippen LogP contribution in [0.4, 0.5) is 13.2 Å². The third-order valence-corrected chi connectivity index (χ3v) is 4.17. The maximum absolute atomic E-state index is 12.9. The second-order valence-corrected chi connectivity index (χ2v) is 5.93. The lowest BCUT2D eigenvalue weighted by molar-refractivity contribution is -0.178. The highest BCUT2D eigenvalue weighted by Gasteiger charge is 2.46. The summed E-state index contributed by atoms with van der Waals surface area (Å²) >= 11 is 0. The van der Waals surface area contributed by atoms with Crippen molar-refractivity contribution in [3.8, 4) is 0 Å². The molecule has 1 fully saturated rings. The number of ether oxygens (including phenoxy) is 1. The van der Waals surface area contributed by atoms with Gasteiger partial charge in [-0.15, -0.1) is 0 Å². The summed E-state index contributed by atoms with van der Waals surface area (Å²) in [4.78, 5) is 12.0. The lowest BCUT2D eigenvalue weighted by atomic mass is 9.80. The molecule has 0 radical (unpaired) electrons. The van der Waals surface area contributed by atoms with Crippen LogP contribution in [0.5, 0.6) is 0 Å². The van der Waals surface area contributed by atoms with Crippen molar-refractivity contribution < 1.29 is 22.7 Å². The third-order valence-electron chi connectivity index (χ3n) is 4.17. The molecule has 1 saturated carbocycles. The summed E-state index contributed by atoms with van der Waals surface area (Å²) in [6, 6.07) is -2.13. The number of hydrogen-bond donors (Lipinski definition) is 1. The van der Waals surface area contributed by atoms with Gasteiger partial charge in [0.1, 0.15) is 6.04 Å². The van der Waals surface area contributed by atoms with Crippen LogP contribution in [-0.4, -0.2) is 24.8 Å². The highest BCUT2D eigenvalue weighted by atomic mass is 19.4. The Hall–Kier alpha value is -0.780. The summed E-state index contributed by atoms with van der Waals surface area (Å²) in [6.07, 6.45) is 2.01. The molecule has 2 N–H and O–H groups in total. The highest BCUT2D eigenvalue weighted by molar-refractivity contribution is 5.73. The average molecular weight is 309 g/mol. The Morgan fingerprint density at radius 3 is 2.43 bits per heavy atom. The van der Waals surface area contributed by atoms with Gasteiger partial charge in [-0.25, -0.2) is 0 Å². The van der Waals surface area contributed by atoms with E-state index in [1.807, 2.05) is 6.92 Å². The van der Waals surface area contributed by atoms with E-state index >= 15 is 0 Å². The highest BCUT2D eigenvalue weighted by Crippen LogP contribution is 2.34. The van der Waals surface area contributed by atoms with Crippen molar-refractivity contribution in [2.45, 2.75) is 70.5 Å². The zero-order valence-electron chi connectivity index (χ0n) is 12.6. The largest absolute Gasteiger partial charge is 0.465 e. The van der Waals surface area contributed by atoms with Crippen LogP contribution in [0.2, 0.25) is 0 Å². The van der Waals surface area contributed by atoms with Gasteiger partial charge in [-0.1, -0.05) is 45.4 Å². The maximum Gasteiger partial charge on any atom is 0.404 e. The quantitative estimate of drug-likeness (QED) is 0.575. The third kappa shape index (κ3) is 6.24. The Morgan fingerprint density at radius 2 is 1.90 bits per heavy atom. The summed E-state index contributed by atoms with van der Waals surface area (Å²) < 4.78 is 43.6. The zero-order valence-corrected chi connectivity index (χ0v) is 12.6. The van der Waals surface area contributed by atoms with Crippen LogP contribution < -0.4 is 5.73 Å². The van der Waals surface area contributed by atoms with Gasteiger partial charge in [0.2, 0.25) is 0 Å². The molecule has 0 heterocycles. The molecule has 0 aliphatic heterocycles. The van der Waals surface area contributed by atoms with Crippen molar-refractivity contribution in [3.63, 3.8) is 0 Å². The summed E-state index contributed by atoms with van der Waals surface area (Å²) in [6.45, 7) is 2.09. The number of carbonyl (C=O) groups excluding carboxylic acids is 1. The standard InChI is InChI=1S/C15H26F3NO2/c1-2-3-9-21-14(20)12(13(19)15(16,17)18)10-11-7-5-4-6-8-11/h11-13H,2-10,19H2,1H3/t12-,13-/m0/s1. The van der Waals surface area contributed by atoms with E-state index in [4.69, 9.17) is 10.5 Å². The second-order valence-electron chi connectivity index (χ2n) is 5.93. The van der Waals surface area contributed by atoms with E-state index in [1.165, 1.54) is 0 Å². The molecule has 0 saturated heterocycles. The van der Waals surface area contributed by atoms with Crippen LogP contribution in [0.25, 0.3) is 0 Å². The van der Waals surface area contributed by atoms with Crippen molar-refractivity contribution in [2.24, 2.45) is 17.6 Å². The van der Waals surface area contributed by atoms with E-state index in [0.717, 1.165) is 38.5 Å². The summed E-state index contributed by atoms with van der Waals surface area (Å²) in [5.74, 6) is -1.92. The molecule has 0 aromatic carbocycles. The van der Waals surface area contributed by atoms with Crippen LogP contribution >= 0.6 is 0 Å². The summed E-state index contributed by atoms with van der Waals surface area (Å²) in [5, 5.41) is 0. The number of nitrogens with two attached hydrogens (primary N) is 1. The number of halogens is 3. The van der Waals surface area contributed by atoms with Gasteiger partial charge in [-0.2, -0.15) is 13.2 Å². The van der Waals surface area contributed by atoms with Crippen molar-refractivity contribution in [2.75, 3.05) is 6.61 Å². The molecule has 0 bridgehead atoms. The number of unbranched alkanes of at least 4 members (excludes halogenated alkanes) is 1. The molecule has 0 spiro atoms. The number of carbonyl (C=O) groups is 1. The Labute approximate surface area is 124 Å². The van der Waals surface area contributed by atoms with Crippen LogP contribution in [0.1, 0.15) is 58.3 Å². The van der Waals surface area contributed by atoms with Gasteiger partial charge in [0.15, 0.2) is 0 Å². The van der Waals surface area contributed by atoms with Crippen molar-refractivity contribution in [1.29, 1.82) is 0 Å². The molecule has 21 heavy (non-hydrogen) atoms. The fraction of sp³-hybridized carbons (Fsp3) is 0.933. The maximum atomic E-state index is 12.9. The number of esters is 1. The molecule has 6 heteroatoms.